The highest BCUT2D eigenvalue weighted by Crippen LogP contribution is 2.45. The minimum atomic E-state index is -0.252. The van der Waals surface area contributed by atoms with Gasteiger partial charge in [0.2, 0.25) is 5.88 Å². The van der Waals surface area contributed by atoms with Crippen molar-refractivity contribution in [2.24, 2.45) is 5.73 Å². The van der Waals surface area contributed by atoms with Crippen LogP contribution in [0.2, 0.25) is 0 Å². The number of rotatable bonds is 1. The predicted octanol–water partition coefficient (Wildman–Crippen LogP) is 3.45. The van der Waals surface area contributed by atoms with Crippen molar-refractivity contribution in [3.05, 3.63) is 83.5 Å². The lowest BCUT2D eigenvalue weighted by molar-refractivity contribution is 0.395. The predicted molar refractivity (Wildman–Crippen MR) is 87.5 cm³/mol. The fraction of sp³-hybridized carbons (Fsp3) is 0.0526. The smallest absolute Gasteiger partial charge is 0.205 e. The molecule has 4 rings (SSSR count). The van der Waals surface area contributed by atoms with Gasteiger partial charge in [-0.05, 0) is 34.5 Å². The van der Waals surface area contributed by atoms with E-state index in [1.165, 1.54) is 0 Å². The molecule has 1 aliphatic heterocycles. The van der Waals surface area contributed by atoms with E-state index in [0.717, 1.165) is 21.9 Å². The maximum Gasteiger partial charge on any atom is 0.205 e. The summed E-state index contributed by atoms with van der Waals surface area (Å²) in [6.07, 6.45) is 3.45. The maximum absolute atomic E-state index is 9.61. The first-order chi connectivity index (χ1) is 11.3. The summed E-state index contributed by atoms with van der Waals surface area (Å²) in [5, 5.41) is 11.8. The van der Waals surface area contributed by atoms with E-state index in [1.807, 2.05) is 48.5 Å². The van der Waals surface area contributed by atoms with E-state index >= 15 is 0 Å². The molecule has 2 N–H and O–H groups in total. The molecule has 0 saturated heterocycles. The number of fused-ring (bicyclic) bond motifs is 3. The average Bonchev–Trinajstić information content (AvgIpc) is 2.61. The topological polar surface area (TPSA) is 71.9 Å². The number of hydrogen-bond donors (Lipinski definition) is 1. The Kier molecular flexibility index (Phi) is 2.99. The summed E-state index contributed by atoms with van der Waals surface area (Å²) in [6, 6.07) is 18.0. The Morgan fingerprint density at radius 2 is 1.83 bits per heavy atom. The molecular weight excluding hydrogens is 286 g/mol. The molecule has 1 aliphatic rings. The van der Waals surface area contributed by atoms with Gasteiger partial charge in [-0.3, -0.25) is 4.98 Å². The molecule has 0 bridgehead atoms. The van der Waals surface area contributed by atoms with Crippen LogP contribution in [0.15, 0.2) is 72.4 Å². The third kappa shape index (κ3) is 2.02. The molecule has 3 aromatic rings. The van der Waals surface area contributed by atoms with Crippen LogP contribution >= 0.6 is 0 Å². The fourth-order valence-corrected chi connectivity index (χ4v) is 3.13. The molecule has 4 heteroatoms. The molecule has 0 radical (unpaired) electrons. The van der Waals surface area contributed by atoms with Gasteiger partial charge in [0.1, 0.15) is 17.4 Å². The third-order valence-corrected chi connectivity index (χ3v) is 4.15. The number of aromatic nitrogens is 1. The van der Waals surface area contributed by atoms with Crippen LogP contribution in [0.25, 0.3) is 10.8 Å². The minimum Gasteiger partial charge on any atom is -0.440 e. The Hall–Kier alpha value is -3.32. The van der Waals surface area contributed by atoms with Gasteiger partial charge < -0.3 is 10.5 Å². The zero-order chi connectivity index (χ0) is 15.8. The summed E-state index contributed by atoms with van der Waals surface area (Å²) < 4.78 is 5.71. The molecule has 1 aromatic heterocycles. The Balaban J connectivity index is 2.08. The summed E-state index contributed by atoms with van der Waals surface area (Å²) in [7, 11) is 0. The largest absolute Gasteiger partial charge is 0.440 e. The van der Waals surface area contributed by atoms with Crippen LogP contribution in [0.1, 0.15) is 17.0 Å². The van der Waals surface area contributed by atoms with E-state index in [0.29, 0.717) is 11.3 Å². The van der Waals surface area contributed by atoms with Crippen LogP contribution in [0.3, 0.4) is 0 Å². The molecule has 4 nitrogen and oxygen atoms in total. The fourth-order valence-electron chi connectivity index (χ4n) is 3.13. The molecule has 1 atom stereocenters. The SMILES string of the molecule is N#CC1=C(N)Oc2ccc3ccccc3c2C1c1ccncc1. The highest BCUT2D eigenvalue weighted by molar-refractivity contribution is 5.90. The van der Waals surface area contributed by atoms with E-state index in [4.69, 9.17) is 10.5 Å². The average molecular weight is 299 g/mol. The van der Waals surface area contributed by atoms with Gasteiger partial charge in [-0.15, -0.1) is 0 Å². The van der Waals surface area contributed by atoms with Gasteiger partial charge in [0, 0.05) is 18.0 Å². The van der Waals surface area contributed by atoms with Crippen LogP contribution in [0, 0.1) is 11.3 Å². The number of nitriles is 1. The first-order valence-electron chi connectivity index (χ1n) is 7.29. The van der Waals surface area contributed by atoms with Gasteiger partial charge in [0.25, 0.3) is 0 Å². The van der Waals surface area contributed by atoms with Crippen molar-refractivity contribution in [3.63, 3.8) is 0 Å². The number of nitrogens with two attached hydrogens (primary N) is 1. The second-order valence-corrected chi connectivity index (χ2v) is 5.40. The van der Waals surface area contributed by atoms with Gasteiger partial charge >= 0.3 is 0 Å². The van der Waals surface area contributed by atoms with Crippen molar-refractivity contribution in [1.82, 2.24) is 4.98 Å². The van der Waals surface area contributed by atoms with E-state index < -0.39 is 0 Å². The second kappa shape index (κ2) is 5.15. The summed E-state index contributed by atoms with van der Waals surface area (Å²) in [5.41, 5.74) is 8.37. The zero-order valence-electron chi connectivity index (χ0n) is 12.2. The van der Waals surface area contributed by atoms with Crippen molar-refractivity contribution >= 4 is 10.8 Å². The number of ether oxygens (including phenoxy) is 1. The third-order valence-electron chi connectivity index (χ3n) is 4.15. The summed E-state index contributed by atoms with van der Waals surface area (Å²) >= 11 is 0. The van der Waals surface area contributed by atoms with Crippen molar-refractivity contribution in [1.29, 1.82) is 5.26 Å². The highest BCUT2D eigenvalue weighted by Gasteiger charge is 2.31. The number of pyridine rings is 1. The summed E-state index contributed by atoms with van der Waals surface area (Å²) in [4.78, 5) is 4.07. The quantitative estimate of drug-likeness (QED) is 0.747. The lowest BCUT2D eigenvalue weighted by Crippen LogP contribution is -2.21. The van der Waals surface area contributed by atoms with Crippen LogP contribution in [-0.2, 0) is 0 Å². The van der Waals surface area contributed by atoms with E-state index in [2.05, 4.69) is 11.1 Å². The molecule has 110 valence electrons. The Bertz CT molecular complexity index is 971. The lowest BCUT2D eigenvalue weighted by atomic mass is 9.81. The highest BCUT2D eigenvalue weighted by atomic mass is 16.5. The standard InChI is InChI=1S/C19H13N3O/c20-11-15-17(13-7-9-22-10-8-13)18-14-4-2-1-3-12(14)5-6-16(18)23-19(15)21/h1-10,17H,21H2. The van der Waals surface area contributed by atoms with Crippen LogP contribution in [0.5, 0.6) is 5.75 Å². The van der Waals surface area contributed by atoms with E-state index in [9.17, 15) is 5.26 Å². The molecule has 0 fully saturated rings. The van der Waals surface area contributed by atoms with E-state index in [1.54, 1.807) is 12.4 Å². The van der Waals surface area contributed by atoms with Gasteiger partial charge in [-0.2, -0.15) is 5.26 Å². The van der Waals surface area contributed by atoms with Gasteiger partial charge in [0.05, 0.1) is 5.92 Å². The first kappa shape index (κ1) is 13.4. The molecule has 0 saturated carbocycles. The van der Waals surface area contributed by atoms with Crippen LogP contribution in [-0.4, -0.2) is 4.98 Å². The van der Waals surface area contributed by atoms with Crippen LogP contribution in [0.4, 0.5) is 0 Å². The first-order valence-corrected chi connectivity index (χ1v) is 7.29. The molecular formula is C19H13N3O. The van der Waals surface area contributed by atoms with Crippen molar-refractivity contribution in [2.45, 2.75) is 5.92 Å². The monoisotopic (exact) mass is 299 g/mol. The van der Waals surface area contributed by atoms with Crippen molar-refractivity contribution < 1.29 is 4.74 Å². The second-order valence-electron chi connectivity index (χ2n) is 5.40. The molecule has 1 unspecified atom stereocenters. The summed E-state index contributed by atoms with van der Waals surface area (Å²) in [6.45, 7) is 0. The Morgan fingerprint density at radius 1 is 1.04 bits per heavy atom. The number of nitrogens with zero attached hydrogens (tertiary/aromatic N) is 2. The Morgan fingerprint density at radius 3 is 2.61 bits per heavy atom. The molecule has 0 amide bonds. The number of hydrogen-bond acceptors (Lipinski definition) is 4. The molecule has 0 aliphatic carbocycles. The summed E-state index contributed by atoms with van der Waals surface area (Å²) in [5.74, 6) is 0.608. The van der Waals surface area contributed by atoms with Crippen molar-refractivity contribution in [2.75, 3.05) is 0 Å². The number of benzene rings is 2. The van der Waals surface area contributed by atoms with Crippen LogP contribution < -0.4 is 10.5 Å². The Labute approximate surface area is 133 Å². The van der Waals surface area contributed by atoms with Gasteiger partial charge in [-0.25, -0.2) is 0 Å². The molecule has 23 heavy (non-hydrogen) atoms. The maximum atomic E-state index is 9.61. The molecule has 2 aromatic carbocycles. The minimum absolute atomic E-state index is 0.164. The molecule has 0 spiro atoms. The normalized spacial score (nSPS) is 16.6. The molecule has 2 heterocycles. The van der Waals surface area contributed by atoms with Gasteiger partial charge in [0.15, 0.2) is 0 Å². The number of allylic oxidation sites excluding steroid dienone is 1. The van der Waals surface area contributed by atoms with E-state index in [-0.39, 0.29) is 11.8 Å². The van der Waals surface area contributed by atoms with Gasteiger partial charge in [-0.1, -0.05) is 30.3 Å². The van der Waals surface area contributed by atoms with Crippen molar-refractivity contribution in [3.8, 4) is 11.8 Å². The zero-order valence-corrected chi connectivity index (χ0v) is 12.2. The lowest BCUT2D eigenvalue weighted by Gasteiger charge is -2.27.